The molecule has 1 N–H and O–H groups in total. The van der Waals surface area contributed by atoms with Gasteiger partial charge < -0.3 is 4.98 Å². The van der Waals surface area contributed by atoms with E-state index in [4.69, 9.17) is 0 Å². The summed E-state index contributed by atoms with van der Waals surface area (Å²) >= 11 is 0. The summed E-state index contributed by atoms with van der Waals surface area (Å²) in [7, 11) is 0. The molecule has 2 bridgehead atoms. The normalized spacial score (nSPS) is 31.6. The zero-order valence-corrected chi connectivity index (χ0v) is 13.1. The molecule has 0 spiro atoms. The van der Waals surface area contributed by atoms with Gasteiger partial charge in [-0.3, -0.25) is 9.59 Å². The SMILES string of the molecule is O=C1[C@@H]2[C@@H](C(=O)N1/N=C\c1c[nH]c3ccccc13)[C@H]1C=C[C@H]2CC1. The minimum absolute atomic E-state index is 0.139. The average Bonchev–Trinajstić information content (AvgIpc) is 3.15. The van der Waals surface area contributed by atoms with Gasteiger partial charge in [-0.2, -0.15) is 10.1 Å². The molecule has 4 atom stereocenters. The summed E-state index contributed by atoms with van der Waals surface area (Å²) in [5, 5.41) is 6.39. The number of hydrazone groups is 1. The molecule has 2 aromatic rings. The zero-order valence-electron chi connectivity index (χ0n) is 13.1. The van der Waals surface area contributed by atoms with Crippen molar-refractivity contribution in [2.75, 3.05) is 0 Å². The molecule has 2 amide bonds. The Hall–Kier alpha value is -2.69. The number of para-hydroxylation sites is 1. The van der Waals surface area contributed by atoms with Crippen molar-refractivity contribution in [3.8, 4) is 0 Å². The molecule has 2 heterocycles. The van der Waals surface area contributed by atoms with Crippen molar-refractivity contribution in [3.63, 3.8) is 0 Å². The first-order valence-corrected chi connectivity index (χ1v) is 8.40. The summed E-state index contributed by atoms with van der Waals surface area (Å²) in [4.78, 5) is 28.6. The predicted octanol–water partition coefficient (Wildman–Crippen LogP) is 2.70. The van der Waals surface area contributed by atoms with E-state index in [0.717, 1.165) is 34.3 Å². The van der Waals surface area contributed by atoms with Gasteiger partial charge in [0.1, 0.15) is 0 Å². The van der Waals surface area contributed by atoms with Crippen LogP contribution in [-0.2, 0) is 9.59 Å². The average molecular weight is 319 g/mol. The number of aromatic nitrogens is 1. The lowest BCUT2D eigenvalue weighted by atomic mass is 9.63. The van der Waals surface area contributed by atoms with Gasteiger partial charge in [-0.05, 0) is 30.7 Å². The van der Waals surface area contributed by atoms with Crippen LogP contribution in [0.15, 0.2) is 47.7 Å². The number of carbonyl (C=O) groups is 2. The number of rotatable bonds is 2. The Morgan fingerprint density at radius 1 is 1.04 bits per heavy atom. The number of allylic oxidation sites excluding steroid dienone is 2. The minimum Gasteiger partial charge on any atom is -0.361 e. The van der Waals surface area contributed by atoms with Crippen molar-refractivity contribution in [1.29, 1.82) is 0 Å². The highest BCUT2D eigenvalue weighted by Crippen LogP contribution is 2.49. The fourth-order valence-electron chi connectivity index (χ4n) is 4.49. The monoisotopic (exact) mass is 319 g/mol. The lowest BCUT2D eigenvalue weighted by Gasteiger charge is -2.37. The second kappa shape index (κ2) is 4.90. The Labute approximate surface area is 139 Å². The number of benzene rings is 1. The van der Waals surface area contributed by atoms with Gasteiger partial charge >= 0.3 is 0 Å². The summed E-state index contributed by atoms with van der Waals surface area (Å²) < 4.78 is 0. The van der Waals surface area contributed by atoms with E-state index in [-0.39, 0.29) is 35.5 Å². The predicted molar refractivity (Wildman–Crippen MR) is 90.1 cm³/mol. The van der Waals surface area contributed by atoms with Gasteiger partial charge in [0.2, 0.25) is 0 Å². The molecular formula is C19H17N3O2. The van der Waals surface area contributed by atoms with Crippen molar-refractivity contribution in [2.45, 2.75) is 12.8 Å². The molecule has 5 heteroatoms. The first kappa shape index (κ1) is 13.7. The van der Waals surface area contributed by atoms with Crippen LogP contribution in [0.3, 0.4) is 0 Å². The van der Waals surface area contributed by atoms with Gasteiger partial charge in [-0.1, -0.05) is 30.4 Å². The molecule has 24 heavy (non-hydrogen) atoms. The van der Waals surface area contributed by atoms with Crippen molar-refractivity contribution in [2.24, 2.45) is 28.8 Å². The van der Waals surface area contributed by atoms with E-state index in [0.29, 0.717) is 0 Å². The molecule has 2 fully saturated rings. The van der Waals surface area contributed by atoms with Crippen LogP contribution in [0.25, 0.3) is 10.9 Å². The van der Waals surface area contributed by atoms with E-state index < -0.39 is 0 Å². The topological polar surface area (TPSA) is 65.5 Å². The first-order valence-electron chi connectivity index (χ1n) is 8.40. The van der Waals surface area contributed by atoms with Crippen molar-refractivity contribution in [3.05, 3.63) is 48.2 Å². The number of hydrogen-bond donors (Lipinski definition) is 1. The van der Waals surface area contributed by atoms with Gasteiger partial charge in [-0.15, -0.1) is 0 Å². The van der Waals surface area contributed by atoms with Gasteiger partial charge in [0.15, 0.2) is 0 Å². The molecule has 1 saturated carbocycles. The lowest BCUT2D eigenvalue weighted by molar-refractivity contribution is -0.140. The zero-order chi connectivity index (χ0) is 16.3. The van der Waals surface area contributed by atoms with Crippen LogP contribution in [-0.4, -0.2) is 28.0 Å². The molecule has 120 valence electrons. The number of hydrogen-bond acceptors (Lipinski definition) is 3. The molecule has 1 aromatic carbocycles. The highest BCUT2D eigenvalue weighted by atomic mass is 16.2. The lowest BCUT2D eigenvalue weighted by Crippen LogP contribution is -2.38. The number of carbonyl (C=O) groups excluding carboxylic acids is 2. The van der Waals surface area contributed by atoms with E-state index in [2.05, 4.69) is 22.2 Å². The number of amides is 2. The summed E-state index contributed by atoms with van der Waals surface area (Å²) in [6, 6.07) is 7.89. The Morgan fingerprint density at radius 3 is 2.38 bits per heavy atom. The number of fused-ring (bicyclic) bond motifs is 2. The van der Waals surface area contributed by atoms with Crippen LogP contribution in [0.4, 0.5) is 0 Å². The fraction of sp³-hybridized carbons (Fsp3) is 0.316. The number of imide groups is 1. The maximum Gasteiger partial charge on any atom is 0.254 e. The Balaban J connectivity index is 1.48. The molecule has 6 rings (SSSR count). The van der Waals surface area contributed by atoms with Crippen molar-refractivity contribution >= 4 is 28.9 Å². The van der Waals surface area contributed by atoms with E-state index in [9.17, 15) is 9.59 Å². The number of nitrogens with one attached hydrogen (secondary N) is 1. The minimum atomic E-state index is -0.207. The summed E-state index contributed by atoms with van der Waals surface area (Å²) in [5.74, 6) is -0.294. The Morgan fingerprint density at radius 2 is 1.71 bits per heavy atom. The van der Waals surface area contributed by atoms with Crippen LogP contribution in [0.2, 0.25) is 0 Å². The van der Waals surface area contributed by atoms with Gasteiger partial charge in [0.25, 0.3) is 11.8 Å². The Bertz CT molecular complexity index is 878. The van der Waals surface area contributed by atoms with E-state index in [1.807, 2.05) is 30.5 Å². The van der Waals surface area contributed by atoms with Crippen LogP contribution in [0.5, 0.6) is 0 Å². The third-order valence-corrected chi connectivity index (χ3v) is 5.67. The van der Waals surface area contributed by atoms with E-state index in [1.54, 1.807) is 6.21 Å². The van der Waals surface area contributed by atoms with E-state index in [1.165, 1.54) is 0 Å². The summed E-state index contributed by atoms with van der Waals surface area (Å²) in [6.07, 6.45) is 9.70. The second-order valence-electron chi connectivity index (χ2n) is 6.86. The summed E-state index contributed by atoms with van der Waals surface area (Å²) in [6.45, 7) is 0. The second-order valence-corrected chi connectivity index (χ2v) is 6.86. The van der Waals surface area contributed by atoms with Gasteiger partial charge in [-0.25, -0.2) is 0 Å². The molecule has 0 radical (unpaired) electrons. The van der Waals surface area contributed by atoms with Crippen LogP contribution in [0.1, 0.15) is 18.4 Å². The molecular weight excluding hydrogens is 302 g/mol. The molecule has 4 aliphatic rings. The standard InChI is InChI=1S/C19H17N3O2/c23-18-16-11-5-6-12(8-7-11)17(16)19(24)22(18)21-10-13-9-20-15-4-2-1-3-14(13)15/h1-6,9-12,16-17,20H,7-8H2/b21-10-/t11-,12-,16-,17-/m0/s1. The quantitative estimate of drug-likeness (QED) is 0.525. The smallest absolute Gasteiger partial charge is 0.254 e. The first-order chi connectivity index (χ1) is 11.7. The summed E-state index contributed by atoms with van der Waals surface area (Å²) in [5.41, 5.74) is 1.89. The molecule has 1 aliphatic heterocycles. The molecule has 1 aromatic heterocycles. The molecule has 1 saturated heterocycles. The fourth-order valence-corrected chi connectivity index (χ4v) is 4.49. The molecule has 5 nitrogen and oxygen atoms in total. The van der Waals surface area contributed by atoms with Crippen molar-refractivity contribution < 1.29 is 9.59 Å². The van der Waals surface area contributed by atoms with Gasteiger partial charge in [0.05, 0.1) is 18.1 Å². The number of H-pyrrole nitrogens is 1. The maximum absolute atomic E-state index is 12.7. The van der Waals surface area contributed by atoms with Crippen LogP contribution in [0, 0.1) is 23.7 Å². The van der Waals surface area contributed by atoms with Gasteiger partial charge in [0, 0.05) is 22.7 Å². The van der Waals surface area contributed by atoms with Crippen molar-refractivity contribution in [1.82, 2.24) is 9.99 Å². The van der Waals surface area contributed by atoms with E-state index >= 15 is 0 Å². The highest BCUT2D eigenvalue weighted by Gasteiger charge is 2.56. The number of aromatic amines is 1. The third kappa shape index (κ3) is 1.78. The highest BCUT2D eigenvalue weighted by molar-refractivity contribution is 6.07. The number of nitrogens with zero attached hydrogens (tertiary/aromatic N) is 2. The molecule has 3 aliphatic carbocycles. The largest absolute Gasteiger partial charge is 0.361 e. The third-order valence-electron chi connectivity index (χ3n) is 5.67. The van der Waals surface area contributed by atoms with Crippen LogP contribution >= 0.6 is 0 Å². The van der Waals surface area contributed by atoms with Crippen LogP contribution < -0.4 is 0 Å². The maximum atomic E-state index is 12.7. The Kier molecular flexibility index (Phi) is 2.80. The molecule has 0 unspecified atom stereocenters.